The number of hydrogen-bond acceptors (Lipinski definition) is 3. The van der Waals surface area contributed by atoms with Gasteiger partial charge in [0, 0.05) is 18.1 Å². The molecule has 1 heterocycles. The van der Waals surface area contributed by atoms with Gasteiger partial charge >= 0.3 is 0 Å². The largest absolute Gasteiger partial charge is 0.497 e. The monoisotopic (exact) mass is 276 g/mol. The Kier molecular flexibility index (Phi) is 5.06. The molecule has 0 amide bonds. The maximum atomic E-state index is 6.49. The zero-order chi connectivity index (χ0) is 14.7. The molecule has 1 aromatic carbocycles. The quantitative estimate of drug-likeness (QED) is 0.897. The molecular formula is C17H28N2O. The van der Waals surface area contributed by atoms with E-state index in [9.17, 15) is 0 Å². The number of benzene rings is 1. The Balaban J connectivity index is 2.08. The van der Waals surface area contributed by atoms with Gasteiger partial charge in [-0.25, -0.2) is 0 Å². The van der Waals surface area contributed by atoms with Crippen molar-refractivity contribution in [3.63, 3.8) is 0 Å². The Labute approximate surface area is 123 Å². The molecule has 2 rings (SSSR count). The van der Waals surface area contributed by atoms with Gasteiger partial charge in [-0.05, 0) is 49.9 Å². The maximum absolute atomic E-state index is 6.49. The third kappa shape index (κ3) is 3.15. The Morgan fingerprint density at radius 1 is 1.20 bits per heavy atom. The fraction of sp³-hybridized carbons (Fsp3) is 0.647. The van der Waals surface area contributed by atoms with Crippen LogP contribution in [0.2, 0.25) is 0 Å². The normalized spacial score (nSPS) is 23.0. The first-order valence-corrected chi connectivity index (χ1v) is 7.70. The van der Waals surface area contributed by atoms with Gasteiger partial charge in [-0.2, -0.15) is 0 Å². The zero-order valence-corrected chi connectivity index (χ0v) is 13.2. The summed E-state index contributed by atoms with van der Waals surface area (Å²) >= 11 is 0. The molecule has 20 heavy (non-hydrogen) atoms. The van der Waals surface area contributed by atoms with Gasteiger partial charge in [-0.15, -0.1) is 0 Å². The molecule has 3 atom stereocenters. The highest BCUT2D eigenvalue weighted by atomic mass is 16.5. The van der Waals surface area contributed by atoms with Crippen LogP contribution in [0.25, 0.3) is 0 Å². The standard InChI is InChI=1S/C17H28N2O/c1-12(2)16-6-5-11-19(16)13(3)17(18)14-7-9-15(20-4)10-8-14/h7-10,12-13,16-17H,5-6,11,18H2,1-4H3. The van der Waals surface area contributed by atoms with Gasteiger partial charge in [0.2, 0.25) is 0 Å². The van der Waals surface area contributed by atoms with Crippen LogP contribution in [0.5, 0.6) is 5.75 Å². The summed E-state index contributed by atoms with van der Waals surface area (Å²) in [5, 5.41) is 0. The summed E-state index contributed by atoms with van der Waals surface area (Å²) in [5.41, 5.74) is 7.68. The first kappa shape index (κ1) is 15.3. The van der Waals surface area contributed by atoms with Gasteiger partial charge in [0.15, 0.2) is 0 Å². The fourth-order valence-electron chi connectivity index (χ4n) is 3.35. The van der Waals surface area contributed by atoms with Crippen LogP contribution >= 0.6 is 0 Å². The van der Waals surface area contributed by atoms with Gasteiger partial charge in [0.05, 0.1) is 7.11 Å². The highest BCUT2D eigenvalue weighted by Gasteiger charge is 2.33. The molecule has 0 radical (unpaired) electrons. The van der Waals surface area contributed by atoms with Crippen molar-refractivity contribution in [2.24, 2.45) is 11.7 Å². The number of rotatable bonds is 5. The summed E-state index contributed by atoms with van der Waals surface area (Å²) in [6, 6.07) is 9.26. The van der Waals surface area contributed by atoms with Gasteiger partial charge in [0.1, 0.15) is 5.75 Å². The maximum Gasteiger partial charge on any atom is 0.118 e. The summed E-state index contributed by atoms with van der Waals surface area (Å²) in [5.74, 6) is 1.58. The second-order valence-corrected chi connectivity index (χ2v) is 6.23. The molecular weight excluding hydrogens is 248 g/mol. The van der Waals surface area contributed by atoms with E-state index in [2.05, 4.69) is 37.8 Å². The summed E-state index contributed by atoms with van der Waals surface area (Å²) < 4.78 is 5.21. The third-order valence-electron chi connectivity index (χ3n) is 4.66. The van der Waals surface area contributed by atoms with Crippen LogP contribution in [0.15, 0.2) is 24.3 Å². The highest BCUT2D eigenvalue weighted by molar-refractivity contribution is 5.29. The van der Waals surface area contributed by atoms with Gasteiger partial charge in [-0.3, -0.25) is 4.90 Å². The minimum Gasteiger partial charge on any atom is -0.497 e. The van der Waals surface area contributed by atoms with Crippen LogP contribution in [0.3, 0.4) is 0 Å². The Bertz CT molecular complexity index is 416. The van der Waals surface area contributed by atoms with E-state index < -0.39 is 0 Å². The lowest BCUT2D eigenvalue weighted by molar-refractivity contribution is 0.137. The number of likely N-dealkylation sites (tertiary alicyclic amines) is 1. The average Bonchev–Trinajstić information content (AvgIpc) is 2.95. The molecule has 0 spiro atoms. The second kappa shape index (κ2) is 6.59. The molecule has 1 aliphatic rings. The lowest BCUT2D eigenvalue weighted by Gasteiger charge is -2.36. The summed E-state index contributed by atoms with van der Waals surface area (Å²) in [7, 11) is 1.69. The van der Waals surface area contributed by atoms with E-state index in [0.29, 0.717) is 18.0 Å². The molecule has 3 nitrogen and oxygen atoms in total. The van der Waals surface area contributed by atoms with Crippen molar-refractivity contribution in [1.29, 1.82) is 0 Å². The molecule has 0 bridgehead atoms. The minimum atomic E-state index is 0.0558. The van der Waals surface area contributed by atoms with Crippen LogP contribution < -0.4 is 10.5 Å². The number of nitrogens with zero attached hydrogens (tertiary/aromatic N) is 1. The predicted octanol–water partition coefficient (Wildman–Crippen LogP) is 3.20. The average molecular weight is 276 g/mol. The molecule has 1 aromatic rings. The van der Waals surface area contributed by atoms with E-state index in [1.54, 1.807) is 7.11 Å². The van der Waals surface area contributed by atoms with E-state index in [1.165, 1.54) is 24.9 Å². The van der Waals surface area contributed by atoms with Crippen molar-refractivity contribution in [2.45, 2.75) is 51.7 Å². The van der Waals surface area contributed by atoms with Crippen molar-refractivity contribution in [1.82, 2.24) is 4.90 Å². The second-order valence-electron chi connectivity index (χ2n) is 6.23. The molecule has 0 saturated carbocycles. The Hall–Kier alpha value is -1.06. The van der Waals surface area contributed by atoms with Crippen LogP contribution in [0.1, 0.15) is 45.2 Å². The molecule has 1 fully saturated rings. The number of nitrogens with two attached hydrogens (primary N) is 1. The smallest absolute Gasteiger partial charge is 0.118 e. The van der Waals surface area contributed by atoms with E-state index in [0.717, 1.165) is 5.75 Å². The molecule has 2 N–H and O–H groups in total. The Morgan fingerprint density at radius 3 is 2.40 bits per heavy atom. The lowest BCUT2D eigenvalue weighted by atomic mass is 9.96. The first-order valence-electron chi connectivity index (χ1n) is 7.70. The van der Waals surface area contributed by atoms with Gasteiger partial charge in [0.25, 0.3) is 0 Å². The topological polar surface area (TPSA) is 38.5 Å². The highest BCUT2D eigenvalue weighted by Crippen LogP contribution is 2.30. The van der Waals surface area contributed by atoms with Crippen LogP contribution in [0, 0.1) is 5.92 Å². The van der Waals surface area contributed by atoms with Gasteiger partial charge < -0.3 is 10.5 Å². The van der Waals surface area contributed by atoms with Crippen molar-refractivity contribution in [2.75, 3.05) is 13.7 Å². The minimum absolute atomic E-state index is 0.0558. The van der Waals surface area contributed by atoms with E-state index in [1.807, 2.05) is 12.1 Å². The molecule has 0 aliphatic carbocycles. The summed E-state index contributed by atoms with van der Waals surface area (Å²) in [6.45, 7) is 8.06. The van der Waals surface area contributed by atoms with E-state index >= 15 is 0 Å². The molecule has 112 valence electrons. The molecule has 1 saturated heterocycles. The Morgan fingerprint density at radius 2 is 1.85 bits per heavy atom. The van der Waals surface area contributed by atoms with Crippen LogP contribution in [0.4, 0.5) is 0 Å². The zero-order valence-electron chi connectivity index (χ0n) is 13.2. The molecule has 3 heteroatoms. The van der Waals surface area contributed by atoms with E-state index in [-0.39, 0.29) is 6.04 Å². The van der Waals surface area contributed by atoms with Crippen LogP contribution in [-0.4, -0.2) is 30.6 Å². The summed E-state index contributed by atoms with van der Waals surface area (Å²) in [6.07, 6.45) is 2.60. The summed E-state index contributed by atoms with van der Waals surface area (Å²) in [4.78, 5) is 2.60. The molecule has 3 unspecified atom stereocenters. The predicted molar refractivity (Wildman–Crippen MR) is 84.0 cm³/mol. The van der Waals surface area contributed by atoms with E-state index in [4.69, 9.17) is 10.5 Å². The number of ether oxygens (including phenoxy) is 1. The first-order chi connectivity index (χ1) is 9.54. The SMILES string of the molecule is COc1ccc(C(N)C(C)N2CCCC2C(C)C)cc1. The van der Waals surface area contributed by atoms with Crippen molar-refractivity contribution < 1.29 is 4.74 Å². The van der Waals surface area contributed by atoms with Crippen molar-refractivity contribution in [3.8, 4) is 5.75 Å². The molecule has 0 aromatic heterocycles. The van der Waals surface area contributed by atoms with Crippen LogP contribution in [-0.2, 0) is 0 Å². The number of methoxy groups -OCH3 is 1. The third-order valence-corrected chi connectivity index (χ3v) is 4.66. The fourth-order valence-corrected chi connectivity index (χ4v) is 3.35. The van der Waals surface area contributed by atoms with Crippen molar-refractivity contribution >= 4 is 0 Å². The lowest BCUT2D eigenvalue weighted by Crippen LogP contribution is -2.45. The van der Waals surface area contributed by atoms with Crippen molar-refractivity contribution in [3.05, 3.63) is 29.8 Å². The number of hydrogen-bond donors (Lipinski definition) is 1. The molecule has 1 aliphatic heterocycles. The van der Waals surface area contributed by atoms with Gasteiger partial charge in [-0.1, -0.05) is 26.0 Å².